The highest BCUT2D eigenvalue weighted by atomic mass is 32.1. The van der Waals surface area contributed by atoms with Crippen molar-refractivity contribution in [2.45, 2.75) is 13.0 Å². The second kappa shape index (κ2) is 4.90. The third-order valence-corrected chi connectivity index (χ3v) is 3.49. The Kier molecular flexibility index (Phi) is 3.09. The molecule has 1 aromatic heterocycles. The molecule has 1 aliphatic heterocycles. The lowest BCUT2D eigenvalue weighted by Crippen LogP contribution is -2.20. The average molecular weight is 267 g/mol. The van der Waals surface area contributed by atoms with Crippen LogP contribution >= 0.6 is 12.2 Å². The standard InChI is InChI=1S/C15H13N3S/c1-10-15(19)18-12-7-3-2-6-11(12)14(17-10)13-8-4-5-9-16-13/h2-10H,1H3,(H,18,19). The number of aromatic nitrogens is 1. The van der Waals surface area contributed by atoms with Crippen LogP contribution in [-0.4, -0.2) is 21.7 Å². The Bertz CT molecular complexity index is 649. The van der Waals surface area contributed by atoms with Gasteiger partial charge in [0.2, 0.25) is 0 Å². The minimum atomic E-state index is -0.0561. The molecule has 1 atom stereocenters. The molecule has 0 radical (unpaired) electrons. The Hall–Kier alpha value is -2.07. The number of nitrogens with one attached hydrogen (secondary N) is 1. The third kappa shape index (κ3) is 2.27. The minimum absolute atomic E-state index is 0.0561. The number of thiocarbonyl (C=S) groups is 1. The Balaban J connectivity index is 2.21. The van der Waals surface area contributed by atoms with E-state index in [2.05, 4.69) is 10.3 Å². The van der Waals surface area contributed by atoms with E-state index in [1.807, 2.05) is 49.4 Å². The molecule has 0 saturated carbocycles. The predicted octanol–water partition coefficient (Wildman–Crippen LogP) is 3.06. The maximum Gasteiger partial charge on any atom is 0.104 e. The number of pyridine rings is 1. The second-order valence-corrected chi connectivity index (χ2v) is 4.84. The van der Waals surface area contributed by atoms with E-state index in [0.717, 1.165) is 27.6 Å². The van der Waals surface area contributed by atoms with Gasteiger partial charge in [-0.2, -0.15) is 0 Å². The van der Waals surface area contributed by atoms with E-state index in [1.54, 1.807) is 6.20 Å². The number of benzene rings is 1. The molecule has 1 aliphatic rings. The molecule has 3 nitrogen and oxygen atoms in total. The lowest BCUT2D eigenvalue weighted by atomic mass is 10.0. The molecule has 0 saturated heterocycles. The lowest BCUT2D eigenvalue weighted by molar-refractivity contribution is 0.989. The zero-order chi connectivity index (χ0) is 13.2. The molecule has 2 aromatic rings. The number of fused-ring (bicyclic) bond motifs is 1. The molecule has 94 valence electrons. The molecule has 2 heterocycles. The van der Waals surface area contributed by atoms with Gasteiger partial charge in [0.15, 0.2) is 0 Å². The SMILES string of the molecule is CC1N=C(c2ccccn2)c2ccccc2NC1=S. The quantitative estimate of drug-likeness (QED) is 0.807. The maximum atomic E-state index is 5.36. The van der Waals surface area contributed by atoms with Crippen LogP contribution < -0.4 is 5.32 Å². The fourth-order valence-electron chi connectivity index (χ4n) is 2.06. The van der Waals surface area contributed by atoms with Gasteiger partial charge in [0.1, 0.15) is 4.99 Å². The smallest absolute Gasteiger partial charge is 0.104 e. The van der Waals surface area contributed by atoms with Crippen LogP contribution in [0.3, 0.4) is 0 Å². The molecule has 1 N–H and O–H groups in total. The van der Waals surface area contributed by atoms with E-state index in [1.165, 1.54) is 0 Å². The van der Waals surface area contributed by atoms with Crippen LogP contribution in [0.1, 0.15) is 18.2 Å². The normalized spacial score (nSPS) is 18.1. The van der Waals surface area contributed by atoms with Crippen LogP contribution in [0.5, 0.6) is 0 Å². The molecule has 0 aliphatic carbocycles. The highest BCUT2D eigenvalue weighted by Crippen LogP contribution is 2.23. The van der Waals surface area contributed by atoms with E-state index in [0.29, 0.717) is 0 Å². The van der Waals surface area contributed by atoms with Crippen molar-refractivity contribution in [3.63, 3.8) is 0 Å². The van der Waals surface area contributed by atoms with Gasteiger partial charge < -0.3 is 5.32 Å². The van der Waals surface area contributed by atoms with Crippen molar-refractivity contribution in [1.29, 1.82) is 0 Å². The lowest BCUT2D eigenvalue weighted by Gasteiger charge is -2.09. The van der Waals surface area contributed by atoms with Crippen molar-refractivity contribution in [3.05, 3.63) is 59.9 Å². The topological polar surface area (TPSA) is 37.3 Å². The summed E-state index contributed by atoms with van der Waals surface area (Å²) in [6.07, 6.45) is 1.78. The summed E-state index contributed by atoms with van der Waals surface area (Å²) in [4.78, 5) is 9.85. The summed E-state index contributed by atoms with van der Waals surface area (Å²) in [5.41, 5.74) is 3.78. The minimum Gasteiger partial charge on any atom is -0.348 e. The van der Waals surface area contributed by atoms with E-state index >= 15 is 0 Å². The van der Waals surface area contributed by atoms with Gasteiger partial charge >= 0.3 is 0 Å². The number of para-hydroxylation sites is 1. The number of benzodiazepines with no additional fused rings is 1. The molecule has 0 spiro atoms. The van der Waals surface area contributed by atoms with Gasteiger partial charge in [-0.15, -0.1) is 0 Å². The van der Waals surface area contributed by atoms with Gasteiger partial charge in [-0.3, -0.25) is 9.98 Å². The van der Waals surface area contributed by atoms with Crippen LogP contribution in [0.2, 0.25) is 0 Å². The zero-order valence-corrected chi connectivity index (χ0v) is 11.3. The van der Waals surface area contributed by atoms with E-state index in [4.69, 9.17) is 17.2 Å². The first-order valence-electron chi connectivity index (χ1n) is 6.15. The van der Waals surface area contributed by atoms with Crippen LogP contribution in [0.25, 0.3) is 0 Å². The summed E-state index contributed by atoms with van der Waals surface area (Å²) >= 11 is 5.36. The zero-order valence-electron chi connectivity index (χ0n) is 10.5. The summed E-state index contributed by atoms with van der Waals surface area (Å²) in [5, 5.41) is 3.26. The van der Waals surface area contributed by atoms with E-state index in [-0.39, 0.29) is 6.04 Å². The van der Waals surface area contributed by atoms with Crippen molar-refractivity contribution in [3.8, 4) is 0 Å². The van der Waals surface area contributed by atoms with Crippen LogP contribution in [0.4, 0.5) is 5.69 Å². The van der Waals surface area contributed by atoms with Crippen molar-refractivity contribution in [2.24, 2.45) is 4.99 Å². The Morgan fingerprint density at radius 3 is 2.68 bits per heavy atom. The first kappa shape index (κ1) is 12.0. The summed E-state index contributed by atoms with van der Waals surface area (Å²) in [6, 6.07) is 13.8. The Morgan fingerprint density at radius 1 is 1.11 bits per heavy atom. The summed E-state index contributed by atoms with van der Waals surface area (Å²) in [6.45, 7) is 1.99. The number of hydrogen-bond donors (Lipinski definition) is 1. The summed E-state index contributed by atoms with van der Waals surface area (Å²) < 4.78 is 0. The molecular weight excluding hydrogens is 254 g/mol. The van der Waals surface area contributed by atoms with Crippen LogP contribution in [0, 0.1) is 0 Å². The third-order valence-electron chi connectivity index (χ3n) is 3.05. The molecule has 3 rings (SSSR count). The van der Waals surface area contributed by atoms with Gasteiger partial charge in [-0.1, -0.05) is 36.5 Å². The molecule has 19 heavy (non-hydrogen) atoms. The molecule has 0 amide bonds. The second-order valence-electron chi connectivity index (χ2n) is 4.40. The fourth-order valence-corrected chi connectivity index (χ4v) is 2.23. The number of rotatable bonds is 1. The highest BCUT2D eigenvalue weighted by Gasteiger charge is 2.20. The van der Waals surface area contributed by atoms with E-state index in [9.17, 15) is 0 Å². The van der Waals surface area contributed by atoms with Crippen LogP contribution in [-0.2, 0) is 0 Å². The molecule has 0 fully saturated rings. The van der Waals surface area contributed by atoms with Gasteiger partial charge in [-0.25, -0.2) is 0 Å². The van der Waals surface area contributed by atoms with Gasteiger partial charge in [-0.05, 0) is 25.1 Å². The number of aliphatic imine (C=N–C) groups is 1. The van der Waals surface area contributed by atoms with Crippen molar-refractivity contribution < 1.29 is 0 Å². The van der Waals surface area contributed by atoms with Gasteiger partial charge in [0, 0.05) is 17.4 Å². The van der Waals surface area contributed by atoms with Crippen molar-refractivity contribution >= 4 is 28.6 Å². The molecule has 4 heteroatoms. The fraction of sp³-hybridized carbons (Fsp3) is 0.133. The number of anilines is 1. The van der Waals surface area contributed by atoms with E-state index < -0.39 is 0 Å². The van der Waals surface area contributed by atoms with Crippen molar-refractivity contribution in [1.82, 2.24) is 4.98 Å². The Morgan fingerprint density at radius 2 is 1.89 bits per heavy atom. The Labute approximate surface area is 117 Å². The monoisotopic (exact) mass is 267 g/mol. The molecule has 1 aromatic carbocycles. The average Bonchev–Trinajstić information content (AvgIpc) is 2.58. The van der Waals surface area contributed by atoms with Gasteiger partial charge in [0.25, 0.3) is 0 Å². The van der Waals surface area contributed by atoms with Crippen molar-refractivity contribution in [2.75, 3.05) is 5.32 Å². The first-order valence-corrected chi connectivity index (χ1v) is 6.56. The van der Waals surface area contributed by atoms with Crippen LogP contribution in [0.15, 0.2) is 53.7 Å². The predicted molar refractivity (Wildman–Crippen MR) is 82.0 cm³/mol. The summed E-state index contributed by atoms with van der Waals surface area (Å²) in [5.74, 6) is 0. The number of hydrogen-bond acceptors (Lipinski definition) is 3. The molecule has 0 bridgehead atoms. The molecule has 1 unspecified atom stereocenters. The largest absolute Gasteiger partial charge is 0.348 e. The van der Waals surface area contributed by atoms with Gasteiger partial charge in [0.05, 0.1) is 17.4 Å². The maximum absolute atomic E-state index is 5.36. The number of nitrogens with zero attached hydrogens (tertiary/aromatic N) is 2. The summed E-state index contributed by atoms with van der Waals surface area (Å²) in [7, 11) is 0. The highest BCUT2D eigenvalue weighted by molar-refractivity contribution is 7.80. The first-order chi connectivity index (χ1) is 9.25. The molecular formula is C15H13N3S.